The number of carbonyl (C=O) groups excluding carboxylic acids is 1. The van der Waals surface area contributed by atoms with E-state index < -0.39 is 6.10 Å². The summed E-state index contributed by atoms with van der Waals surface area (Å²) in [5.74, 6) is 0.0630. The molecule has 0 aromatic heterocycles. The van der Waals surface area contributed by atoms with Crippen LogP contribution in [0.2, 0.25) is 0 Å². The number of anilines is 1. The molecule has 2 aliphatic heterocycles. The number of fused-ring (bicyclic) bond motifs is 1. The lowest BCUT2D eigenvalue weighted by atomic mass is 9.97. The Kier molecular flexibility index (Phi) is 4.76. The van der Waals surface area contributed by atoms with Gasteiger partial charge in [0.1, 0.15) is 0 Å². The van der Waals surface area contributed by atoms with Crippen molar-refractivity contribution >= 4 is 11.6 Å². The second-order valence-electron chi connectivity index (χ2n) is 6.34. The number of aliphatic hydroxyl groups is 2. The predicted octanol–water partition coefficient (Wildman–Crippen LogP) is 1.45. The molecule has 1 atom stereocenters. The molecule has 3 rings (SSSR count). The molecule has 5 heteroatoms. The van der Waals surface area contributed by atoms with Crippen LogP contribution in [0.1, 0.15) is 42.9 Å². The summed E-state index contributed by atoms with van der Waals surface area (Å²) in [5, 5.41) is 22.8. The molecule has 0 bridgehead atoms. The number of aryl methyl sites for hydroxylation is 1. The molecule has 5 nitrogen and oxygen atoms in total. The lowest BCUT2D eigenvalue weighted by Crippen LogP contribution is -2.36. The van der Waals surface area contributed by atoms with Crippen LogP contribution >= 0.6 is 0 Å². The second-order valence-corrected chi connectivity index (χ2v) is 6.34. The Bertz CT molecular complexity index is 539. The molecule has 1 aromatic rings. The number of hydrogen-bond donors (Lipinski definition) is 3. The summed E-state index contributed by atoms with van der Waals surface area (Å²) in [6, 6.07) is 5.80. The van der Waals surface area contributed by atoms with Gasteiger partial charge >= 0.3 is 0 Å². The van der Waals surface area contributed by atoms with Crippen molar-refractivity contribution in [1.29, 1.82) is 0 Å². The van der Waals surface area contributed by atoms with E-state index in [-0.39, 0.29) is 12.0 Å². The van der Waals surface area contributed by atoms with Crippen molar-refractivity contribution in [3.8, 4) is 0 Å². The quantitative estimate of drug-likeness (QED) is 0.787. The third kappa shape index (κ3) is 3.66. The molecule has 0 aliphatic carbocycles. The topological polar surface area (TPSA) is 72.8 Å². The first kappa shape index (κ1) is 15.5. The van der Waals surface area contributed by atoms with Crippen molar-refractivity contribution < 1.29 is 15.0 Å². The van der Waals surface area contributed by atoms with Gasteiger partial charge in [-0.25, -0.2) is 0 Å². The maximum absolute atomic E-state index is 11.4. The van der Waals surface area contributed by atoms with Gasteiger partial charge in [-0.2, -0.15) is 0 Å². The Morgan fingerprint density at radius 3 is 2.82 bits per heavy atom. The summed E-state index contributed by atoms with van der Waals surface area (Å²) in [6.45, 7) is 2.66. The van der Waals surface area contributed by atoms with Crippen molar-refractivity contribution in [2.45, 2.75) is 44.3 Å². The van der Waals surface area contributed by atoms with E-state index in [4.69, 9.17) is 0 Å². The number of carbonyl (C=O) groups is 1. The van der Waals surface area contributed by atoms with Crippen molar-refractivity contribution in [1.82, 2.24) is 4.90 Å². The van der Waals surface area contributed by atoms with Crippen molar-refractivity contribution in [2.75, 3.05) is 25.0 Å². The monoisotopic (exact) mass is 304 g/mol. The third-order valence-electron chi connectivity index (χ3n) is 4.69. The first-order valence-corrected chi connectivity index (χ1v) is 8.13. The third-order valence-corrected chi connectivity index (χ3v) is 4.69. The zero-order valence-electron chi connectivity index (χ0n) is 12.8. The summed E-state index contributed by atoms with van der Waals surface area (Å²) in [6.07, 6.45) is 2.98. The fourth-order valence-corrected chi connectivity index (χ4v) is 3.23. The average molecular weight is 304 g/mol. The van der Waals surface area contributed by atoms with Crippen LogP contribution < -0.4 is 5.32 Å². The molecule has 0 saturated carbocycles. The molecule has 22 heavy (non-hydrogen) atoms. The summed E-state index contributed by atoms with van der Waals surface area (Å²) >= 11 is 0. The number of piperidine rings is 1. The van der Waals surface area contributed by atoms with Crippen LogP contribution in [0.3, 0.4) is 0 Å². The number of nitrogens with zero attached hydrogens (tertiary/aromatic N) is 1. The Morgan fingerprint density at radius 1 is 1.27 bits per heavy atom. The van der Waals surface area contributed by atoms with Gasteiger partial charge in [0.25, 0.3) is 0 Å². The maximum atomic E-state index is 11.4. The Hall–Kier alpha value is -1.43. The Balaban J connectivity index is 1.56. The van der Waals surface area contributed by atoms with E-state index in [0.29, 0.717) is 12.8 Å². The number of benzene rings is 1. The molecule has 2 heterocycles. The Labute approximate surface area is 130 Å². The molecule has 120 valence electrons. The van der Waals surface area contributed by atoms with Gasteiger partial charge < -0.3 is 20.4 Å². The van der Waals surface area contributed by atoms with E-state index >= 15 is 0 Å². The number of nitrogens with one attached hydrogen (secondary N) is 1. The predicted molar refractivity (Wildman–Crippen MR) is 84.7 cm³/mol. The Morgan fingerprint density at radius 2 is 2.05 bits per heavy atom. The van der Waals surface area contributed by atoms with E-state index in [2.05, 4.69) is 10.2 Å². The van der Waals surface area contributed by atoms with Gasteiger partial charge in [0.05, 0.1) is 12.2 Å². The number of rotatable bonds is 4. The van der Waals surface area contributed by atoms with Crippen LogP contribution in [0.15, 0.2) is 18.2 Å². The van der Waals surface area contributed by atoms with Crippen LogP contribution in [0.5, 0.6) is 0 Å². The molecular formula is C17H24N2O3. The molecule has 0 radical (unpaired) electrons. The lowest BCUT2D eigenvalue weighted by Gasteiger charge is -2.30. The molecule has 1 fully saturated rings. The molecule has 1 saturated heterocycles. The van der Waals surface area contributed by atoms with E-state index in [1.807, 2.05) is 18.2 Å². The van der Waals surface area contributed by atoms with Gasteiger partial charge in [0, 0.05) is 31.7 Å². The normalized spacial score (nSPS) is 21.3. The highest BCUT2D eigenvalue weighted by atomic mass is 16.3. The number of likely N-dealkylation sites (tertiary alicyclic amines) is 1. The second kappa shape index (κ2) is 6.77. The van der Waals surface area contributed by atoms with Gasteiger partial charge in [-0.1, -0.05) is 12.1 Å². The molecule has 1 unspecified atom stereocenters. The zero-order valence-corrected chi connectivity index (χ0v) is 12.8. The minimum absolute atomic E-state index is 0.0630. The molecular weight excluding hydrogens is 280 g/mol. The highest BCUT2D eigenvalue weighted by molar-refractivity contribution is 5.93. The smallest absolute Gasteiger partial charge is 0.224 e. The first-order valence-electron chi connectivity index (χ1n) is 8.13. The van der Waals surface area contributed by atoms with Gasteiger partial charge in [-0.05, 0) is 42.9 Å². The van der Waals surface area contributed by atoms with Crippen molar-refractivity contribution in [3.05, 3.63) is 29.3 Å². The van der Waals surface area contributed by atoms with E-state index in [0.717, 1.165) is 55.7 Å². The summed E-state index contributed by atoms with van der Waals surface area (Å²) in [5.41, 5.74) is 2.90. The molecule has 1 amide bonds. The highest BCUT2D eigenvalue weighted by Gasteiger charge is 2.19. The van der Waals surface area contributed by atoms with Gasteiger partial charge in [0.2, 0.25) is 5.91 Å². The summed E-state index contributed by atoms with van der Waals surface area (Å²) in [7, 11) is 0. The average Bonchev–Trinajstić information content (AvgIpc) is 2.53. The molecule has 2 aliphatic rings. The molecule has 3 N–H and O–H groups in total. The largest absolute Gasteiger partial charge is 0.393 e. The lowest BCUT2D eigenvalue weighted by molar-refractivity contribution is -0.116. The van der Waals surface area contributed by atoms with Gasteiger partial charge in [-0.15, -0.1) is 0 Å². The zero-order chi connectivity index (χ0) is 15.5. The minimum atomic E-state index is -0.477. The van der Waals surface area contributed by atoms with Crippen molar-refractivity contribution in [3.63, 3.8) is 0 Å². The van der Waals surface area contributed by atoms with Crippen LogP contribution in [0.4, 0.5) is 5.69 Å². The van der Waals surface area contributed by atoms with Crippen LogP contribution in [-0.2, 0) is 11.2 Å². The fraction of sp³-hybridized carbons (Fsp3) is 0.588. The van der Waals surface area contributed by atoms with Gasteiger partial charge in [0.15, 0.2) is 0 Å². The standard InChI is InChI=1S/C17H24N2O3/c20-14-5-8-19(9-6-14)10-7-16(21)13-1-3-15-12(11-13)2-4-17(22)18-15/h1,3,11,14,16,20-21H,2,4-10H2,(H,18,22). The number of hydrogen-bond acceptors (Lipinski definition) is 4. The van der Waals surface area contributed by atoms with Gasteiger partial charge in [-0.3, -0.25) is 4.79 Å². The van der Waals surface area contributed by atoms with Crippen LogP contribution in [-0.4, -0.2) is 46.8 Å². The first-order chi connectivity index (χ1) is 10.6. The maximum Gasteiger partial charge on any atom is 0.224 e. The molecule has 1 aromatic carbocycles. The van der Waals surface area contributed by atoms with Crippen molar-refractivity contribution in [2.24, 2.45) is 0 Å². The summed E-state index contributed by atoms with van der Waals surface area (Å²) in [4.78, 5) is 13.7. The SMILES string of the molecule is O=C1CCc2cc(C(O)CCN3CCC(O)CC3)ccc2N1. The van der Waals surface area contributed by atoms with Crippen LogP contribution in [0.25, 0.3) is 0 Å². The summed E-state index contributed by atoms with van der Waals surface area (Å²) < 4.78 is 0. The number of amides is 1. The fourth-order valence-electron chi connectivity index (χ4n) is 3.23. The minimum Gasteiger partial charge on any atom is -0.393 e. The molecule has 0 spiro atoms. The highest BCUT2D eigenvalue weighted by Crippen LogP contribution is 2.27. The number of aliphatic hydroxyl groups excluding tert-OH is 2. The van der Waals surface area contributed by atoms with E-state index in [1.54, 1.807) is 0 Å². The van der Waals surface area contributed by atoms with Crippen LogP contribution in [0, 0.1) is 0 Å². The van der Waals surface area contributed by atoms with E-state index in [9.17, 15) is 15.0 Å². The van der Waals surface area contributed by atoms with E-state index in [1.165, 1.54) is 0 Å².